The van der Waals surface area contributed by atoms with Crippen molar-refractivity contribution in [3.05, 3.63) is 11.6 Å². The van der Waals surface area contributed by atoms with Crippen LogP contribution in [-0.2, 0) is 6.42 Å². The summed E-state index contributed by atoms with van der Waals surface area (Å²) in [5, 5.41) is 21.5. The lowest BCUT2D eigenvalue weighted by molar-refractivity contribution is -0.0282. The van der Waals surface area contributed by atoms with Gasteiger partial charge in [-0.3, -0.25) is 9.47 Å². The second-order valence-corrected chi connectivity index (χ2v) is 10.9. The highest BCUT2D eigenvalue weighted by atomic mass is 16.3. The Balaban J connectivity index is 1.83. The van der Waals surface area contributed by atoms with Crippen LogP contribution in [0.15, 0.2) is 6.07 Å². The van der Waals surface area contributed by atoms with Crippen LogP contribution in [0.4, 0.5) is 0 Å². The van der Waals surface area contributed by atoms with Crippen molar-refractivity contribution < 1.29 is 10.2 Å². The van der Waals surface area contributed by atoms with Gasteiger partial charge in [-0.05, 0) is 60.4 Å². The van der Waals surface area contributed by atoms with E-state index in [1.807, 2.05) is 0 Å². The number of hydrogen-bond donors (Lipinski definition) is 2. The first-order chi connectivity index (χ1) is 14.1. The van der Waals surface area contributed by atoms with Gasteiger partial charge in [-0.2, -0.15) is 0 Å². The lowest BCUT2D eigenvalue weighted by Crippen LogP contribution is -2.58. The first kappa shape index (κ1) is 25.1. The quantitative estimate of drug-likeness (QED) is 0.352. The lowest BCUT2D eigenvalue weighted by Gasteiger charge is -2.54. The first-order valence-corrected chi connectivity index (χ1v) is 12.5. The van der Waals surface area contributed by atoms with Crippen LogP contribution in [0.5, 0.6) is 11.8 Å². The molecule has 4 heteroatoms. The molecule has 1 fully saturated rings. The zero-order valence-corrected chi connectivity index (χ0v) is 20.6. The molecule has 1 aliphatic rings. The van der Waals surface area contributed by atoms with Crippen molar-refractivity contribution in [2.75, 3.05) is 7.05 Å². The van der Waals surface area contributed by atoms with Gasteiger partial charge in [-0.25, -0.2) is 0 Å². The minimum absolute atomic E-state index is 0.0201. The van der Waals surface area contributed by atoms with Crippen molar-refractivity contribution in [3.63, 3.8) is 0 Å². The fourth-order valence-electron chi connectivity index (χ4n) is 5.40. The molecule has 2 heterocycles. The second-order valence-electron chi connectivity index (χ2n) is 10.9. The van der Waals surface area contributed by atoms with Gasteiger partial charge >= 0.3 is 0 Å². The maximum atomic E-state index is 10.9. The number of hydrogen-bond acceptors (Lipinski definition) is 3. The molecule has 2 N–H and O–H groups in total. The molecular formula is C26H48N2O2. The number of piperidine rings is 1. The van der Waals surface area contributed by atoms with Crippen LogP contribution in [0.2, 0.25) is 0 Å². The van der Waals surface area contributed by atoms with Gasteiger partial charge in [0.15, 0.2) is 11.8 Å². The minimum atomic E-state index is 0.0201. The van der Waals surface area contributed by atoms with Crippen LogP contribution in [0.3, 0.4) is 0 Å². The first-order valence-electron chi connectivity index (χ1n) is 12.5. The van der Waals surface area contributed by atoms with E-state index in [1.165, 1.54) is 57.8 Å². The molecule has 0 aliphatic carbocycles. The highest BCUT2D eigenvalue weighted by Crippen LogP contribution is 2.46. The average Bonchev–Trinajstić information content (AvgIpc) is 2.94. The summed E-state index contributed by atoms with van der Waals surface area (Å²) in [4.78, 5) is 2.43. The molecule has 0 spiro atoms. The molecule has 1 aromatic rings. The van der Waals surface area contributed by atoms with Crippen LogP contribution >= 0.6 is 0 Å². The van der Waals surface area contributed by atoms with Gasteiger partial charge in [0.25, 0.3) is 0 Å². The molecular weight excluding hydrogens is 372 g/mol. The van der Waals surface area contributed by atoms with Crippen molar-refractivity contribution in [3.8, 4) is 11.8 Å². The topological polar surface area (TPSA) is 48.6 Å². The molecule has 4 nitrogen and oxygen atoms in total. The molecule has 30 heavy (non-hydrogen) atoms. The van der Waals surface area contributed by atoms with Gasteiger partial charge < -0.3 is 10.2 Å². The standard InChI is InChI=1S/C26H48N2O2/c1-7-8-9-10-11-12-13-14-15-16-17-21-18-23(29)28(24(21)30)22-19-25(2,3)27(6)26(4,5)20-22/h18,22,29-30H,7-17,19-20H2,1-6H3. The number of aromatic hydroxyl groups is 2. The Morgan fingerprint density at radius 3 is 1.80 bits per heavy atom. The summed E-state index contributed by atoms with van der Waals surface area (Å²) >= 11 is 0. The van der Waals surface area contributed by atoms with E-state index in [1.54, 1.807) is 10.6 Å². The molecule has 1 aliphatic heterocycles. The van der Waals surface area contributed by atoms with E-state index in [-0.39, 0.29) is 28.9 Å². The normalized spacial score (nSPS) is 19.4. The fraction of sp³-hybridized carbons (Fsp3) is 0.846. The molecule has 1 aromatic heterocycles. The molecule has 0 radical (unpaired) electrons. The summed E-state index contributed by atoms with van der Waals surface area (Å²) in [5.41, 5.74) is 0.944. The Morgan fingerprint density at radius 1 is 0.833 bits per heavy atom. The smallest absolute Gasteiger partial charge is 0.197 e. The average molecular weight is 421 g/mol. The van der Waals surface area contributed by atoms with E-state index in [0.717, 1.165) is 31.2 Å². The van der Waals surface area contributed by atoms with Crippen molar-refractivity contribution in [1.29, 1.82) is 0 Å². The van der Waals surface area contributed by atoms with E-state index in [0.29, 0.717) is 0 Å². The van der Waals surface area contributed by atoms with Crippen molar-refractivity contribution in [2.45, 2.75) is 135 Å². The molecule has 0 amide bonds. The van der Waals surface area contributed by atoms with Crippen LogP contribution in [0.1, 0.15) is 123 Å². The second kappa shape index (κ2) is 10.9. The number of aromatic nitrogens is 1. The third-order valence-electron chi connectivity index (χ3n) is 7.52. The largest absolute Gasteiger partial charge is 0.494 e. The van der Waals surface area contributed by atoms with E-state index >= 15 is 0 Å². The summed E-state index contributed by atoms with van der Waals surface area (Å²) < 4.78 is 1.79. The van der Waals surface area contributed by atoms with E-state index < -0.39 is 0 Å². The molecule has 1 saturated heterocycles. The minimum Gasteiger partial charge on any atom is -0.494 e. The van der Waals surface area contributed by atoms with Crippen molar-refractivity contribution >= 4 is 0 Å². The van der Waals surface area contributed by atoms with Crippen LogP contribution in [0, 0.1) is 0 Å². The Hall–Kier alpha value is -1.16. The lowest BCUT2D eigenvalue weighted by atomic mass is 9.77. The summed E-state index contributed by atoms with van der Waals surface area (Å²) in [6, 6.07) is 1.91. The number of likely N-dealkylation sites (tertiary alicyclic amines) is 1. The summed E-state index contributed by atoms with van der Waals surface area (Å²) in [7, 11) is 2.18. The van der Waals surface area contributed by atoms with E-state index in [9.17, 15) is 10.2 Å². The van der Waals surface area contributed by atoms with Gasteiger partial charge in [0.05, 0.1) is 0 Å². The predicted octanol–water partition coefficient (Wildman–Crippen LogP) is 7.19. The molecule has 0 aromatic carbocycles. The summed E-state index contributed by atoms with van der Waals surface area (Å²) in [6.45, 7) is 11.3. The monoisotopic (exact) mass is 420 g/mol. The molecule has 2 rings (SSSR count). The van der Waals surface area contributed by atoms with Crippen molar-refractivity contribution in [2.24, 2.45) is 0 Å². The number of rotatable bonds is 12. The molecule has 0 saturated carbocycles. The zero-order valence-electron chi connectivity index (χ0n) is 20.6. The van der Waals surface area contributed by atoms with Crippen LogP contribution < -0.4 is 0 Å². The Kier molecular flexibility index (Phi) is 9.14. The van der Waals surface area contributed by atoms with Gasteiger partial charge in [0.1, 0.15) is 0 Å². The number of nitrogens with zero attached hydrogens (tertiary/aromatic N) is 2. The maximum Gasteiger partial charge on any atom is 0.197 e. The third kappa shape index (κ3) is 6.42. The highest BCUT2D eigenvalue weighted by molar-refractivity contribution is 5.36. The van der Waals surface area contributed by atoms with Crippen molar-refractivity contribution in [1.82, 2.24) is 9.47 Å². The summed E-state index contributed by atoms with van der Waals surface area (Å²) in [6.07, 6.45) is 15.8. The van der Waals surface area contributed by atoms with Crippen LogP contribution in [0.25, 0.3) is 0 Å². The Bertz CT molecular complexity index is 630. The number of aryl methyl sites for hydroxylation is 1. The SMILES string of the molecule is CCCCCCCCCCCCc1cc(O)n(C2CC(C)(C)N(C)C(C)(C)C2)c1O. The Morgan fingerprint density at radius 2 is 1.30 bits per heavy atom. The molecule has 174 valence electrons. The predicted molar refractivity (Wildman–Crippen MR) is 128 cm³/mol. The third-order valence-corrected chi connectivity index (χ3v) is 7.52. The molecule has 0 unspecified atom stereocenters. The highest BCUT2D eigenvalue weighted by Gasteiger charge is 2.44. The van der Waals surface area contributed by atoms with Gasteiger partial charge in [0.2, 0.25) is 0 Å². The van der Waals surface area contributed by atoms with Gasteiger partial charge in [0, 0.05) is 28.7 Å². The summed E-state index contributed by atoms with van der Waals surface area (Å²) in [5.74, 6) is 0.500. The zero-order chi connectivity index (χ0) is 22.4. The van der Waals surface area contributed by atoms with Gasteiger partial charge in [-0.1, -0.05) is 64.7 Å². The van der Waals surface area contributed by atoms with E-state index in [2.05, 4.69) is 46.6 Å². The van der Waals surface area contributed by atoms with E-state index in [4.69, 9.17) is 0 Å². The van der Waals surface area contributed by atoms with Gasteiger partial charge in [-0.15, -0.1) is 0 Å². The fourth-order valence-corrected chi connectivity index (χ4v) is 5.40. The molecule has 0 atom stereocenters. The molecule has 0 bridgehead atoms. The van der Waals surface area contributed by atoms with Crippen LogP contribution in [-0.4, -0.2) is 37.8 Å². The maximum absolute atomic E-state index is 10.9. The number of unbranched alkanes of at least 4 members (excludes halogenated alkanes) is 9. The Labute approximate surface area is 185 Å².